The van der Waals surface area contributed by atoms with Gasteiger partial charge in [-0.25, -0.2) is 9.37 Å². The number of aromatic nitrogens is 3. The van der Waals surface area contributed by atoms with Gasteiger partial charge in [-0.2, -0.15) is 4.98 Å². The predicted octanol–water partition coefficient (Wildman–Crippen LogP) is 2.11. The minimum Gasteiger partial charge on any atom is -0.339 e. The Morgan fingerprint density at radius 2 is 2.17 bits per heavy atom. The molecule has 0 aromatic carbocycles. The van der Waals surface area contributed by atoms with Crippen molar-refractivity contribution in [2.45, 2.75) is 46.1 Å². The number of amides is 2. The van der Waals surface area contributed by atoms with Crippen LogP contribution in [0.2, 0.25) is 0 Å². The van der Waals surface area contributed by atoms with E-state index in [9.17, 15) is 14.0 Å². The maximum atomic E-state index is 13.0. The monoisotopic (exact) mass is 403 g/mol. The molecule has 2 aromatic rings. The molecule has 1 aliphatic heterocycles. The number of rotatable bonds is 7. The van der Waals surface area contributed by atoms with Crippen LogP contribution in [0, 0.1) is 11.7 Å². The van der Waals surface area contributed by atoms with Crippen molar-refractivity contribution < 1.29 is 18.5 Å². The van der Waals surface area contributed by atoms with Gasteiger partial charge in [0.2, 0.25) is 11.8 Å². The predicted molar refractivity (Wildman–Crippen MR) is 102 cm³/mol. The Labute approximate surface area is 169 Å². The number of nitrogens with zero attached hydrogens (tertiary/aromatic N) is 5. The van der Waals surface area contributed by atoms with Crippen LogP contribution in [0.1, 0.15) is 49.4 Å². The van der Waals surface area contributed by atoms with Gasteiger partial charge >= 0.3 is 0 Å². The molecule has 156 valence electrons. The van der Waals surface area contributed by atoms with E-state index in [1.807, 2.05) is 0 Å². The summed E-state index contributed by atoms with van der Waals surface area (Å²) in [6, 6.07) is 2.51. The SMILES string of the molecule is CC(=O)N(CCc1noc(CC(C)C)n1)C1CCN(C(=O)c2ccc(F)cn2)C1. The summed E-state index contributed by atoms with van der Waals surface area (Å²) in [5.41, 5.74) is 0.200. The summed E-state index contributed by atoms with van der Waals surface area (Å²) in [5, 5.41) is 3.99. The Bertz CT molecular complexity index is 852. The van der Waals surface area contributed by atoms with Crippen LogP contribution in [0.4, 0.5) is 4.39 Å². The molecule has 1 unspecified atom stereocenters. The first-order valence-corrected chi connectivity index (χ1v) is 9.83. The van der Waals surface area contributed by atoms with Gasteiger partial charge in [0, 0.05) is 39.4 Å². The zero-order valence-electron chi connectivity index (χ0n) is 17.0. The van der Waals surface area contributed by atoms with E-state index < -0.39 is 5.82 Å². The van der Waals surface area contributed by atoms with Crippen LogP contribution in [-0.2, 0) is 17.6 Å². The van der Waals surface area contributed by atoms with Crippen molar-refractivity contribution in [3.63, 3.8) is 0 Å². The molecular weight excluding hydrogens is 377 g/mol. The van der Waals surface area contributed by atoms with E-state index in [2.05, 4.69) is 29.0 Å². The average molecular weight is 403 g/mol. The molecule has 2 aromatic heterocycles. The Hall–Kier alpha value is -2.84. The molecule has 0 N–H and O–H groups in total. The van der Waals surface area contributed by atoms with E-state index in [1.54, 1.807) is 9.80 Å². The molecule has 2 amide bonds. The highest BCUT2D eigenvalue weighted by Crippen LogP contribution is 2.19. The molecule has 3 heterocycles. The molecular formula is C20H26FN5O3. The highest BCUT2D eigenvalue weighted by atomic mass is 19.1. The summed E-state index contributed by atoms with van der Waals surface area (Å²) in [6.45, 7) is 7.07. The molecule has 0 saturated carbocycles. The summed E-state index contributed by atoms with van der Waals surface area (Å²) < 4.78 is 18.3. The molecule has 0 radical (unpaired) electrons. The van der Waals surface area contributed by atoms with E-state index in [0.717, 1.165) is 12.6 Å². The van der Waals surface area contributed by atoms with Gasteiger partial charge in [-0.05, 0) is 24.5 Å². The van der Waals surface area contributed by atoms with Crippen LogP contribution < -0.4 is 0 Å². The number of carbonyl (C=O) groups is 2. The van der Waals surface area contributed by atoms with Crippen LogP contribution >= 0.6 is 0 Å². The Balaban J connectivity index is 1.58. The van der Waals surface area contributed by atoms with Gasteiger partial charge in [-0.1, -0.05) is 19.0 Å². The molecule has 1 aliphatic rings. The first-order valence-electron chi connectivity index (χ1n) is 9.83. The van der Waals surface area contributed by atoms with Crippen molar-refractivity contribution in [1.82, 2.24) is 24.9 Å². The lowest BCUT2D eigenvalue weighted by Crippen LogP contribution is -2.42. The van der Waals surface area contributed by atoms with Crippen LogP contribution in [0.5, 0.6) is 0 Å². The Morgan fingerprint density at radius 3 is 2.83 bits per heavy atom. The van der Waals surface area contributed by atoms with Gasteiger partial charge in [0.25, 0.3) is 5.91 Å². The lowest BCUT2D eigenvalue weighted by Gasteiger charge is -2.27. The third-order valence-corrected chi connectivity index (χ3v) is 4.91. The van der Waals surface area contributed by atoms with Gasteiger partial charge < -0.3 is 14.3 Å². The van der Waals surface area contributed by atoms with Gasteiger partial charge in [0.15, 0.2) is 5.82 Å². The normalized spacial score (nSPS) is 16.4. The maximum Gasteiger partial charge on any atom is 0.272 e. The first kappa shape index (κ1) is 20.9. The molecule has 1 atom stereocenters. The standard InChI is InChI=1S/C20H26FN5O3/c1-13(2)10-19-23-18(24-29-19)7-9-26(14(3)27)16-6-8-25(12-16)20(28)17-5-4-15(21)11-22-17/h4-5,11,13,16H,6-10,12H2,1-3H3. The smallest absolute Gasteiger partial charge is 0.272 e. The fourth-order valence-electron chi connectivity index (χ4n) is 3.49. The fraction of sp³-hybridized carbons (Fsp3) is 0.550. The van der Waals surface area contributed by atoms with E-state index in [1.165, 1.54) is 19.1 Å². The highest BCUT2D eigenvalue weighted by molar-refractivity contribution is 5.92. The van der Waals surface area contributed by atoms with Crippen molar-refractivity contribution in [3.05, 3.63) is 41.6 Å². The van der Waals surface area contributed by atoms with Crippen molar-refractivity contribution >= 4 is 11.8 Å². The molecule has 29 heavy (non-hydrogen) atoms. The van der Waals surface area contributed by atoms with Crippen LogP contribution in [0.3, 0.4) is 0 Å². The molecule has 1 saturated heterocycles. The van der Waals surface area contributed by atoms with Crippen molar-refractivity contribution in [2.75, 3.05) is 19.6 Å². The van der Waals surface area contributed by atoms with E-state index in [0.29, 0.717) is 50.1 Å². The summed E-state index contributed by atoms with van der Waals surface area (Å²) in [4.78, 5) is 36.4. The lowest BCUT2D eigenvalue weighted by atomic mass is 10.1. The van der Waals surface area contributed by atoms with E-state index in [-0.39, 0.29) is 23.6 Å². The third-order valence-electron chi connectivity index (χ3n) is 4.91. The zero-order valence-corrected chi connectivity index (χ0v) is 17.0. The lowest BCUT2D eigenvalue weighted by molar-refractivity contribution is -0.130. The minimum atomic E-state index is -0.485. The quantitative estimate of drug-likeness (QED) is 0.703. The summed E-state index contributed by atoms with van der Waals surface area (Å²) in [5.74, 6) is 0.806. The van der Waals surface area contributed by atoms with Crippen LogP contribution in [0.25, 0.3) is 0 Å². The topological polar surface area (TPSA) is 92.4 Å². The molecule has 3 rings (SSSR count). The maximum absolute atomic E-state index is 13.0. The number of hydrogen-bond donors (Lipinski definition) is 0. The fourth-order valence-corrected chi connectivity index (χ4v) is 3.49. The summed E-state index contributed by atoms with van der Waals surface area (Å²) in [6.07, 6.45) is 2.92. The molecule has 0 aliphatic carbocycles. The Morgan fingerprint density at radius 1 is 1.38 bits per heavy atom. The number of carbonyl (C=O) groups excluding carboxylic acids is 2. The summed E-state index contributed by atoms with van der Waals surface area (Å²) >= 11 is 0. The first-order chi connectivity index (χ1) is 13.8. The van der Waals surface area contributed by atoms with Gasteiger partial charge in [0.05, 0.1) is 12.2 Å². The number of hydrogen-bond acceptors (Lipinski definition) is 6. The minimum absolute atomic E-state index is 0.0601. The highest BCUT2D eigenvalue weighted by Gasteiger charge is 2.32. The second-order valence-corrected chi connectivity index (χ2v) is 7.72. The van der Waals surface area contributed by atoms with Gasteiger partial charge in [-0.3, -0.25) is 9.59 Å². The number of likely N-dealkylation sites (tertiary alicyclic amines) is 1. The van der Waals surface area contributed by atoms with Gasteiger partial charge in [-0.15, -0.1) is 0 Å². The Kier molecular flexibility index (Phi) is 6.56. The molecule has 0 spiro atoms. The summed E-state index contributed by atoms with van der Waals surface area (Å²) in [7, 11) is 0. The van der Waals surface area contributed by atoms with Gasteiger partial charge in [0.1, 0.15) is 11.5 Å². The van der Waals surface area contributed by atoms with E-state index >= 15 is 0 Å². The largest absolute Gasteiger partial charge is 0.339 e. The zero-order chi connectivity index (χ0) is 21.0. The van der Waals surface area contributed by atoms with E-state index in [4.69, 9.17) is 4.52 Å². The van der Waals surface area contributed by atoms with Crippen molar-refractivity contribution in [3.8, 4) is 0 Å². The second kappa shape index (κ2) is 9.11. The molecule has 1 fully saturated rings. The van der Waals surface area contributed by atoms with Crippen molar-refractivity contribution in [2.24, 2.45) is 5.92 Å². The molecule has 0 bridgehead atoms. The second-order valence-electron chi connectivity index (χ2n) is 7.72. The number of halogens is 1. The van der Waals surface area contributed by atoms with Crippen LogP contribution in [0.15, 0.2) is 22.9 Å². The molecule has 8 nitrogen and oxygen atoms in total. The van der Waals surface area contributed by atoms with Crippen molar-refractivity contribution in [1.29, 1.82) is 0 Å². The number of pyridine rings is 1. The molecule has 9 heteroatoms. The van der Waals surface area contributed by atoms with Crippen LogP contribution in [-0.4, -0.2) is 62.4 Å². The third kappa shape index (κ3) is 5.36. The average Bonchev–Trinajstić information content (AvgIpc) is 3.31.